The molecule has 0 aliphatic heterocycles. The summed E-state index contributed by atoms with van der Waals surface area (Å²) < 4.78 is 0. The van der Waals surface area contributed by atoms with E-state index in [1.165, 1.54) is 0 Å². The van der Waals surface area contributed by atoms with E-state index in [0.717, 1.165) is 0 Å². The molecule has 4 N–H and O–H groups in total. The lowest BCUT2D eigenvalue weighted by molar-refractivity contribution is -0.119. The number of nitrogen functional groups attached to an aromatic ring is 1. The van der Waals surface area contributed by atoms with Crippen molar-refractivity contribution in [3.8, 4) is 0 Å². The van der Waals surface area contributed by atoms with Crippen molar-refractivity contribution in [1.82, 2.24) is 0 Å². The first kappa shape index (κ1) is 21.7. The Labute approximate surface area is 155 Å². The van der Waals surface area contributed by atoms with Crippen molar-refractivity contribution in [3.05, 3.63) is 17.7 Å². The molecule has 1 aromatic carbocycles. The van der Waals surface area contributed by atoms with Gasteiger partial charge in [0.25, 0.3) is 0 Å². The summed E-state index contributed by atoms with van der Waals surface area (Å²) >= 11 is 0. The van der Waals surface area contributed by atoms with Crippen LogP contribution in [0.2, 0.25) is 0 Å². The van der Waals surface area contributed by atoms with Gasteiger partial charge >= 0.3 is 0 Å². The SMILES string of the molecule is CCC(C)(C)C(=O)c1ccc(NC(=O)C(C)C)c(N)c1NC(=O)C(C)C. The van der Waals surface area contributed by atoms with Crippen LogP contribution < -0.4 is 16.4 Å². The first-order valence-electron chi connectivity index (χ1n) is 9.01. The van der Waals surface area contributed by atoms with E-state index in [2.05, 4.69) is 10.6 Å². The number of hydrogen-bond acceptors (Lipinski definition) is 4. The zero-order valence-corrected chi connectivity index (χ0v) is 16.8. The van der Waals surface area contributed by atoms with Crippen LogP contribution in [0.25, 0.3) is 0 Å². The van der Waals surface area contributed by atoms with E-state index in [4.69, 9.17) is 5.73 Å². The van der Waals surface area contributed by atoms with Gasteiger partial charge in [0.1, 0.15) is 0 Å². The fourth-order valence-electron chi connectivity index (χ4n) is 2.12. The Balaban J connectivity index is 3.46. The van der Waals surface area contributed by atoms with Crippen molar-refractivity contribution in [1.29, 1.82) is 0 Å². The maximum atomic E-state index is 13.0. The van der Waals surface area contributed by atoms with E-state index in [1.807, 2.05) is 20.8 Å². The maximum Gasteiger partial charge on any atom is 0.227 e. The second-order valence-electron chi connectivity index (χ2n) is 7.80. The van der Waals surface area contributed by atoms with Crippen LogP contribution in [0.5, 0.6) is 0 Å². The molecule has 0 aliphatic carbocycles. The molecule has 0 saturated carbocycles. The number of carbonyl (C=O) groups is 3. The Morgan fingerprint density at radius 1 is 1.00 bits per heavy atom. The van der Waals surface area contributed by atoms with E-state index in [0.29, 0.717) is 17.7 Å². The monoisotopic (exact) mass is 361 g/mol. The molecule has 0 bridgehead atoms. The second-order valence-corrected chi connectivity index (χ2v) is 7.80. The lowest BCUT2D eigenvalue weighted by atomic mass is 9.81. The molecule has 0 saturated heterocycles. The van der Waals surface area contributed by atoms with Gasteiger partial charge in [-0.2, -0.15) is 0 Å². The largest absolute Gasteiger partial charge is 0.395 e. The number of ketones is 1. The zero-order chi connectivity index (χ0) is 20.2. The van der Waals surface area contributed by atoms with Gasteiger partial charge in [0.2, 0.25) is 11.8 Å². The predicted octanol–water partition coefficient (Wildman–Crippen LogP) is 4.08. The van der Waals surface area contributed by atoms with Crippen LogP contribution >= 0.6 is 0 Å². The minimum atomic E-state index is -0.591. The number of rotatable bonds is 7. The third-order valence-electron chi connectivity index (χ3n) is 4.54. The van der Waals surface area contributed by atoms with Crippen LogP contribution in [0.1, 0.15) is 65.2 Å². The van der Waals surface area contributed by atoms with Gasteiger partial charge in [-0.25, -0.2) is 0 Å². The third-order valence-corrected chi connectivity index (χ3v) is 4.54. The number of Topliss-reactive ketones (excluding diaryl/α,β-unsaturated/α-hetero) is 1. The standard InChI is InChI=1S/C20H31N3O3/c1-8-20(6,7)17(24)13-9-10-14(22-18(25)11(2)3)15(21)16(13)23-19(26)12(4)5/h9-12H,8,21H2,1-7H3,(H,22,25)(H,23,26). The van der Waals surface area contributed by atoms with Gasteiger partial charge in [0.15, 0.2) is 5.78 Å². The molecule has 6 heteroatoms. The smallest absolute Gasteiger partial charge is 0.227 e. The lowest BCUT2D eigenvalue weighted by Crippen LogP contribution is -2.27. The molecule has 0 atom stereocenters. The van der Waals surface area contributed by atoms with Crippen molar-refractivity contribution in [2.24, 2.45) is 17.3 Å². The van der Waals surface area contributed by atoms with Crippen LogP contribution in [0.15, 0.2) is 12.1 Å². The highest BCUT2D eigenvalue weighted by atomic mass is 16.2. The number of benzene rings is 1. The summed E-state index contributed by atoms with van der Waals surface area (Å²) in [7, 11) is 0. The predicted molar refractivity (Wildman–Crippen MR) is 106 cm³/mol. The molecule has 1 aromatic rings. The number of hydrogen-bond donors (Lipinski definition) is 3. The van der Waals surface area contributed by atoms with E-state index >= 15 is 0 Å². The van der Waals surface area contributed by atoms with Crippen molar-refractivity contribution >= 4 is 34.7 Å². The number of nitrogens with two attached hydrogens (primary N) is 1. The van der Waals surface area contributed by atoms with Crippen LogP contribution in [-0.4, -0.2) is 17.6 Å². The topological polar surface area (TPSA) is 101 Å². The Hall–Kier alpha value is -2.37. The van der Waals surface area contributed by atoms with E-state index in [9.17, 15) is 14.4 Å². The van der Waals surface area contributed by atoms with E-state index < -0.39 is 5.41 Å². The molecule has 0 heterocycles. The molecule has 0 aliphatic rings. The molecule has 0 unspecified atom stereocenters. The summed E-state index contributed by atoms with van der Waals surface area (Å²) in [5.41, 5.74) is 6.81. The molecule has 26 heavy (non-hydrogen) atoms. The molecule has 0 aromatic heterocycles. The average molecular weight is 361 g/mol. The van der Waals surface area contributed by atoms with Gasteiger partial charge in [-0.15, -0.1) is 0 Å². The van der Waals surface area contributed by atoms with Crippen molar-refractivity contribution in [3.63, 3.8) is 0 Å². The van der Waals surface area contributed by atoms with Gasteiger partial charge in [-0.05, 0) is 18.6 Å². The first-order chi connectivity index (χ1) is 11.9. The minimum Gasteiger partial charge on any atom is -0.395 e. The molecule has 144 valence electrons. The Bertz CT molecular complexity index is 706. The molecule has 0 spiro atoms. The summed E-state index contributed by atoms with van der Waals surface area (Å²) in [4.78, 5) is 37.2. The quantitative estimate of drug-likeness (QED) is 0.503. The number of carbonyl (C=O) groups excluding carboxylic acids is 3. The maximum absolute atomic E-state index is 13.0. The number of anilines is 3. The van der Waals surface area contributed by atoms with Crippen LogP contribution in [0.3, 0.4) is 0 Å². The third kappa shape index (κ3) is 4.84. The molecular weight excluding hydrogens is 330 g/mol. The fraction of sp³-hybridized carbons (Fsp3) is 0.550. The Morgan fingerprint density at radius 2 is 1.50 bits per heavy atom. The van der Waals surface area contributed by atoms with Crippen LogP contribution in [0, 0.1) is 17.3 Å². The fourth-order valence-corrected chi connectivity index (χ4v) is 2.12. The minimum absolute atomic E-state index is 0.104. The van der Waals surface area contributed by atoms with Crippen LogP contribution in [-0.2, 0) is 9.59 Å². The number of amides is 2. The summed E-state index contributed by atoms with van der Waals surface area (Å²) in [5.74, 6) is -1.03. The van der Waals surface area contributed by atoms with E-state index in [1.54, 1.807) is 39.8 Å². The summed E-state index contributed by atoms with van der Waals surface area (Å²) in [6, 6.07) is 3.22. The first-order valence-corrected chi connectivity index (χ1v) is 9.01. The summed E-state index contributed by atoms with van der Waals surface area (Å²) in [6.45, 7) is 12.7. The van der Waals surface area contributed by atoms with Gasteiger partial charge in [-0.1, -0.05) is 48.5 Å². The second kappa shape index (κ2) is 8.34. The molecular formula is C20H31N3O3. The average Bonchev–Trinajstić information content (AvgIpc) is 2.57. The summed E-state index contributed by atoms with van der Waals surface area (Å²) in [6.07, 6.45) is 0.648. The summed E-state index contributed by atoms with van der Waals surface area (Å²) in [5, 5.41) is 5.51. The molecule has 6 nitrogen and oxygen atoms in total. The highest BCUT2D eigenvalue weighted by molar-refractivity contribution is 6.12. The molecule has 0 radical (unpaired) electrons. The normalized spacial score (nSPS) is 11.6. The molecule has 2 amide bonds. The zero-order valence-electron chi connectivity index (χ0n) is 16.8. The molecule has 0 fully saturated rings. The van der Waals surface area contributed by atoms with Crippen molar-refractivity contribution in [2.45, 2.75) is 54.9 Å². The van der Waals surface area contributed by atoms with Gasteiger partial charge in [-0.3, -0.25) is 14.4 Å². The lowest BCUT2D eigenvalue weighted by Gasteiger charge is -2.24. The highest BCUT2D eigenvalue weighted by Gasteiger charge is 2.30. The Morgan fingerprint density at radius 3 is 1.96 bits per heavy atom. The highest BCUT2D eigenvalue weighted by Crippen LogP contribution is 2.36. The van der Waals surface area contributed by atoms with Crippen LogP contribution in [0.4, 0.5) is 17.1 Å². The number of nitrogens with one attached hydrogen (secondary N) is 2. The van der Waals surface area contributed by atoms with Gasteiger partial charge in [0, 0.05) is 22.8 Å². The molecule has 1 rings (SSSR count). The van der Waals surface area contributed by atoms with E-state index in [-0.39, 0.29) is 40.8 Å². The van der Waals surface area contributed by atoms with Crippen molar-refractivity contribution in [2.75, 3.05) is 16.4 Å². The van der Waals surface area contributed by atoms with Crippen molar-refractivity contribution < 1.29 is 14.4 Å². The Kier molecular flexibility index (Phi) is 6.95. The van der Waals surface area contributed by atoms with Gasteiger partial charge < -0.3 is 16.4 Å². The van der Waals surface area contributed by atoms with Gasteiger partial charge in [0.05, 0.1) is 17.1 Å².